The van der Waals surface area contributed by atoms with Crippen molar-refractivity contribution in [1.82, 2.24) is 0 Å². The maximum atomic E-state index is 11.2. The number of hydrogen-bond donors (Lipinski definition) is 0. The fourth-order valence-corrected chi connectivity index (χ4v) is 0.776. The van der Waals surface area contributed by atoms with E-state index in [1.165, 1.54) is 0 Å². The van der Waals surface area contributed by atoms with Crippen LogP contribution in [0.1, 0.15) is 20.3 Å². The van der Waals surface area contributed by atoms with E-state index in [4.69, 9.17) is 0 Å². The molecule has 0 fully saturated rings. The molecule has 0 aliphatic carbocycles. The Bertz CT molecular complexity index is 182. The second kappa shape index (κ2) is 4.41. The molecule has 0 aromatic heterocycles. The number of ketones is 1. The molecule has 0 aliphatic heterocycles. The van der Waals surface area contributed by atoms with Crippen LogP contribution < -0.4 is 0 Å². The van der Waals surface area contributed by atoms with Crippen molar-refractivity contribution in [3.8, 4) is 0 Å². The summed E-state index contributed by atoms with van der Waals surface area (Å²) in [6.45, 7) is 9.49. The molecule has 0 amide bonds. The van der Waals surface area contributed by atoms with Crippen LogP contribution in [0.3, 0.4) is 0 Å². The van der Waals surface area contributed by atoms with Crippen molar-refractivity contribution >= 4 is 5.78 Å². The van der Waals surface area contributed by atoms with Gasteiger partial charge >= 0.3 is 0 Å². The van der Waals surface area contributed by atoms with Crippen molar-refractivity contribution in [3.05, 3.63) is 12.2 Å². The monoisotopic (exact) mass is 170 g/mol. The fourth-order valence-electron chi connectivity index (χ4n) is 0.776. The molecule has 0 bridgehead atoms. The molecule has 0 radical (unpaired) electrons. The van der Waals surface area contributed by atoms with Gasteiger partial charge in [-0.25, -0.2) is 0 Å². The van der Waals surface area contributed by atoms with Crippen molar-refractivity contribution in [2.75, 3.05) is 27.2 Å². The second-order valence-electron chi connectivity index (χ2n) is 3.93. The molecule has 0 saturated heterocycles. The molecule has 0 heterocycles. The van der Waals surface area contributed by atoms with Crippen molar-refractivity contribution in [2.45, 2.75) is 20.3 Å². The average molecular weight is 170 g/mol. The summed E-state index contributed by atoms with van der Waals surface area (Å²) in [6.07, 6.45) is 0.621. The first-order valence-corrected chi connectivity index (χ1v) is 4.40. The number of Topliss-reactive ketones (excluding diaryl/α,β-unsaturated/α-hetero) is 1. The smallest absolute Gasteiger partial charge is 0.163 e. The van der Waals surface area contributed by atoms with E-state index in [1.54, 1.807) is 6.92 Å². The SMILES string of the molecule is C=C(C)C(=O)CC[N+](C)(C)CC. The number of carbonyl (C=O) groups excluding carboxylic acids is 1. The van der Waals surface area contributed by atoms with E-state index in [9.17, 15) is 4.79 Å². The molecule has 0 aromatic carbocycles. The second-order valence-corrected chi connectivity index (χ2v) is 3.93. The lowest BCUT2D eigenvalue weighted by atomic mass is 10.1. The van der Waals surface area contributed by atoms with Crippen LogP contribution in [0.15, 0.2) is 12.2 Å². The van der Waals surface area contributed by atoms with E-state index >= 15 is 0 Å². The minimum Gasteiger partial charge on any atom is -0.328 e. The zero-order valence-electron chi connectivity index (χ0n) is 8.68. The van der Waals surface area contributed by atoms with Gasteiger partial charge in [0, 0.05) is 0 Å². The molecule has 0 aliphatic rings. The largest absolute Gasteiger partial charge is 0.328 e. The Balaban J connectivity index is 3.83. The third-order valence-electron chi connectivity index (χ3n) is 2.28. The topological polar surface area (TPSA) is 17.1 Å². The van der Waals surface area contributed by atoms with Gasteiger partial charge in [-0.15, -0.1) is 0 Å². The van der Waals surface area contributed by atoms with Crippen LogP contribution in [0, 0.1) is 0 Å². The Labute approximate surface area is 75.5 Å². The van der Waals surface area contributed by atoms with Gasteiger partial charge in [0.25, 0.3) is 0 Å². The van der Waals surface area contributed by atoms with Crippen LogP contribution >= 0.6 is 0 Å². The van der Waals surface area contributed by atoms with Crippen molar-refractivity contribution < 1.29 is 9.28 Å². The van der Waals surface area contributed by atoms with Crippen molar-refractivity contribution in [2.24, 2.45) is 0 Å². The van der Waals surface area contributed by atoms with Crippen LogP contribution in [0.25, 0.3) is 0 Å². The maximum absolute atomic E-state index is 11.2. The molecule has 0 spiro atoms. The van der Waals surface area contributed by atoms with Crippen LogP contribution in [-0.4, -0.2) is 37.5 Å². The van der Waals surface area contributed by atoms with Crippen LogP contribution in [0.5, 0.6) is 0 Å². The summed E-state index contributed by atoms with van der Waals surface area (Å²) >= 11 is 0. The first-order valence-electron chi connectivity index (χ1n) is 4.40. The Morgan fingerprint density at radius 3 is 2.25 bits per heavy atom. The molecule has 0 atom stereocenters. The van der Waals surface area contributed by atoms with Crippen LogP contribution in [-0.2, 0) is 4.79 Å². The van der Waals surface area contributed by atoms with Gasteiger partial charge in [-0.1, -0.05) is 6.58 Å². The molecule has 0 N–H and O–H groups in total. The summed E-state index contributed by atoms with van der Waals surface area (Å²) in [4.78, 5) is 11.2. The van der Waals surface area contributed by atoms with Gasteiger partial charge in [0.05, 0.1) is 33.6 Å². The summed E-state index contributed by atoms with van der Waals surface area (Å²) in [7, 11) is 4.26. The Kier molecular flexibility index (Phi) is 4.18. The lowest BCUT2D eigenvalue weighted by Crippen LogP contribution is -2.40. The van der Waals surface area contributed by atoms with Gasteiger partial charge in [0.2, 0.25) is 0 Å². The highest BCUT2D eigenvalue weighted by atomic mass is 16.1. The highest BCUT2D eigenvalue weighted by Crippen LogP contribution is 2.02. The highest BCUT2D eigenvalue weighted by molar-refractivity contribution is 5.94. The molecule has 12 heavy (non-hydrogen) atoms. The van der Waals surface area contributed by atoms with E-state index in [1.807, 2.05) is 0 Å². The number of quaternary nitrogens is 1. The van der Waals surface area contributed by atoms with Gasteiger partial charge in [-0.2, -0.15) is 0 Å². The van der Waals surface area contributed by atoms with Crippen LogP contribution in [0.4, 0.5) is 0 Å². The fraction of sp³-hybridized carbons (Fsp3) is 0.700. The highest BCUT2D eigenvalue weighted by Gasteiger charge is 2.14. The summed E-state index contributed by atoms with van der Waals surface area (Å²) in [5.41, 5.74) is 0.672. The summed E-state index contributed by atoms with van der Waals surface area (Å²) < 4.78 is 0.902. The minimum absolute atomic E-state index is 0.189. The van der Waals surface area contributed by atoms with Gasteiger partial charge < -0.3 is 4.48 Å². The Morgan fingerprint density at radius 2 is 1.92 bits per heavy atom. The third-order valence-corrected chi connectivity index (χ3v) is 2.28. The number of carbonyl (C=O) groups is 1. The first-order chi connectivity index (χ1) is 5.39. The molecule has 0 aromatic rings. The zero-order chi connectivity index (χ0) is 9.78. The Morgan fingerprint density at radius 1 is 1.42 bits per heavy atom. The standard InChI is InChI=1S/C10H20NO/c1-6-11(4,5)8-7-10(12)9(2)3/h2,6-8H2,1,3-5H3/q+1. The maximum Gasteiger partial charge on any atom is 0.163 e. The number of hydrogen-bond acceptors (Lipinski definition) is 1. The molecule has 0 unspecified atom stereocenters. The van der Waals surface area contributed by atoms with E-state index in [2.05, 4.69) is 27.6 Å². The summed E-state index contributed by atoms with van der Waals surface area (Å²) in [5, 5.41) is 0. The number of rotatable bonds is 5. The summed E-state index contributed by atoms with van der Waals surface area (Å²) in [5.74, 6) is 0.189. The van der Waals surface area contributed by atoms with Gasteiger partial charge in [0.15, 0.2) is 5.78 Å². The quantitative estimate of drug-likeness (QED) is 0.452. The van der Waals surface area contributed by atoms with Crippen molar-refractivity contribution in [3.63, 3.8) is 0 Å². The van der Waals surface area contributed by atoms with Gasteiger partial charge in [-0.3, -0.25) is 4.79 Å². The predicted octanol–water partition coefficient (Wildman–Crippen LogP) is 1.62. The molecule has 0 saturated carbocycles. The van der Waals surface area contributed by atoms with E-state index in [0.29, 0.717) is 12.0 Å². The number of nitrogens with zero attached hydrogens (tertiary/aromatic N) is 1. The van der Waals surface area contributed by atoms with E-state index in [0.717, 1.165) is 17.6 Å². The molecule has 70 valence electrons. The molecular weight excluding hydrogens is 150 g/mol. The lowest BCUT2D eigenvalue weighted by molar-refractivity contribution is -0.887. The molecule has 2 heteroatoms. The third kappa shape index (κ3) is 4.29. The molecular formula is C10H20NO+. The average Bonchev–Trinajstić information content (AvgIpc) is 2.00. The number of allylic oxidation sites excluding steroid dienone is 1. The summed E-state index contributed by atoms with van der Waals surface area (Å²) in [6, 6.07) is 0. The van der Waals surface area contributed by atoms with E-state index < -0.39 is 0 Å². The normalized spacial score (nSPS) is 11.3. The predicted molar refractivity (Wildman–Crippen MR) is 52.0 cm³/mol. The van der Waals surface area contributed by atoms with E-state index in [-0.39, 0.29) is 5.78 Å². The van der Waals surface area contributed by atoms with Crippen molar-refractivity contribution in [1.29, 1.82) is 0 Å². The van der Waals surface area contributed by atoms with Gasteiger partial charge in [0.1, 0.15) is 0 Å². The Hall–Kier alpha value is -0.630. The lowest BCUT2D eigenvalue weighted by Gasteiger charge is -2.27. The zero-order valence-corrected chi connectivity index (χ0v) is 8.68. The minimum atomic E-state index is 0.189. The van der Waals surface area contributed by atoms with Gasteiger partial charge in [-0.05, 0) is 19.4 Å². The van der Waals surface area contributed by atoms with Crippen LogP contribution in [0.2, 0.25) is 0 Å². The molecule has 0 rings (SSSR count). The molecule has 2 nitrogen and oxygen atoms in total. The first kappa shape index (κ1) is 11.4.